The number of ether oxygens (including phenoxy) is 2. The number of ketones is 1. The first-order chi connectivity index (χ1) is 14.5. The number of aromatic nitrogens is 4. The van der Waals surface area contributed by atoms with Crippen molar-refractivity contribution in [2.24, 2.45) is 0 Å². The van der Waals surface area contributed by atoms with Crippen LogP contribution in [0.25, 0.3) is 0 Å². The molecule has 0 saturated carbocycles. The Kier molecular flexibility index (Phi) is 5.20. The van der Waals surface area contributed by atoms with Crippen molar-refractivity contribution in [2.45, 2.75) is 6.04 Å². The number of hydrogen-bond donors (Lipinski definition) is 1. The highest BCUT2D eigenvalue weighted by Gasteiger charge is 2.38. The Morgan fingerprint density at radius 2 is 1.90 bits per heavy atom. The third-order valence-corrected chi connectivity index (χ3v) is 4.92. The number of halogens is 1. The SMILES string of the molecule is COC(=O)C1=C(C(=O)c2ccc(Cl)cc2)[C@H](c2cccc(OC)c2)n2nnnc2N1. The summed E-state index contributed by atoms with van der Waals surface area (Å²) in [4.78, 5) is 26.1. The molecule has 0 radical (unpaired) electrons. The monoisotopic (exact) mass is 425 g/mol. The molecule has 0 aliphatic carbocycles. The second kappa shape index (κ2) is 7.96. The van der Waals surface area contributed by atoms with Crippen LogP contribution in [0.15, 0.2) is 59.8 Å². The van der Waals surface area contributed by atoms with Crippen LogP contribution in [0.3, 0.4) is 0 Å². The van der Waals surface area contributed by atoms with Gasteiger partial charge >= 0.3 is 5.97 Å². The van der Waals surface area contributed by atoms with E-state index in [1.165, 1.54) is 11.8 Å². The van der Waals surface area contributed by atoms with Crippen LogP contribution in [0.1, 0.15) is 22.0 Å². The molecule has 0 fully saturated rings. The van der Waals surface area contributed by atoms with E-state index in [2.05, 4.69) is 20.8 Å². The smallest absolute Gasteiger partial charge is 0.355 e. The largest absolute Gasteiger partial charge is 0.497 e. The number of methoxy groups -OCH3 is 2. The molecule has 0 spiro atoms. The fourth-order valence-electron chi connectivity index (χ4n) is 3.26. The number of nitrogens with one attached hydrogen (secondary N) is 1. The predicted octanol–water partition coefficient (Wildman–Crippen LogP) is 2.66. The fourth-order valence-corrected chi connectivity index (χ4v) is 3.39. The number of esters is 1. The minimum Gasteiger partial charge on any atom is -0.497 e. The molecule has 1 aromatic heterocycles. The van der Waals surface area contributed by atoms with Crippen LogP contribution in [0, 0.1) is 0 Å². The normalized spacial score (nSPS) is 15.2. The summed E-state index contributed by atoms with van der Waals surface area (Å²) >= 11 is 5.96. The molecule has 0 bridgehead atoms. The lowest BCUT2D eigenvalue weighted by Crippen LogP contribution is -2.33. The zero-order valence-electron chi connectivity index (χ0n) is 16.0. The predicted molar refractivity (Wildman–Crippen MR) is 107 cm³/mol. The quantitative estimate of drug-likeness (QED) is 0.491. The van der Waals surface area contributed by atoms with E-state index in [1.54, 1.807) is 55.6 Å². The highest BCUT2D eigenvalue weighted by Crippen LogP contribution is 2.37. The Balaban J connectivity index is 1.95. The average Bonchev–Trinajstić information content (AvgIpc) is 3.25. The molecule has 9 nitrogen and oxygen atoms in total. The van der Waals surface area contributed by atoms with Gasteiger partial charge in [0.25, 0.3) is 0 Å². The number of rotatable bonds is 5. The van der Waals surface area contributed by atoms with Gasteiger partial charge < -0.3 is 14.8 Å². The molecule has 2 heterocycles. The summed E-state index contributed by atoms with van der Waals surface area (Å²) in [5.74, 6) is -0.322. The van der Waals surface area contributed by atoms with E-state index in [0.29, 0.717) is 21.9 Å². The summed E-state index contributed by atoms with van der Waals surface area (Å²) in [7, 11) is 2.78. The van der Waals surface area contributed by atoms with Crippen molar-refractivity contribution in [2.75, 3.05) is 19.5 Å². The Bertz CT molecular complexity index is 1160. The van der Waals surface area contributed by atoms with E-state index in [9.17, 15) is 9.59 Å². The van der Waals surface area contributed by atoms with E-state index < -0.39 is 17.8 Å². The molecule has 10 heteroatoms. The first kappa shape index (κ1) is 19.6. The van der Waals surface area contributed by atoms with Crippen LogP contribution in [0.4, 0.5) is 5.95 Å². The van der Waals surface area contributed by atoms with Crippen molar-refractivity contribution < 1.29 is 19.1 Å². The van der Waals surface area contributed by atoms with Crippen molar-refractivity contribution >= 4 is 29.3 Å². The van der Waals surface area contributed by atoms with E-state index >= 15 is 0 Å². The molecule has 1 atom stereocenters. The molecule has 152 valence electrons. The third kappa shape index (κ3) is 3.39. The van der Waals surface area contributed by atoms with Crippen LogP contribution >= 0.6 is 11.6 Å². The number of hydrogen-bond acceptors (Lipinski definition) is 8. The molecule has 30 heavy (non-hydrogen) atoms. The van der Waals surface area contributed by atoms with Gasteiger partial charge in [0.1, 0.15) is 17.5 Å². The summed E-state index contributed by atoms with van der Waals surface area (Å²) < 4.78 is 11.7. The first-order valence-electron chi connectivity index (χ1n) is 8.85. The Morgan fingerprint density at radius 3 is 2.60 bits per heavy atom. The van der Waals surface area contributed by atoms with Crippen LogP contribution < -0.4 is 10.1 Å². The second-order valence-corrected chi connectivity index (χ2v) is 6.80. The average molecular weight is 426 g/mol. The van der Waals surface area contributed by atoms with Crippen LogP contribution in [-0.2, 0) is 9.53 Å². The van der Waals surface area contributed by atoms with Gasteiger partial charge in [-0.15, -0.1) is 0 Å². The maximum Gasteiger partial charge on any atom is 0.355 e. The van der Waals surface area contributed by atoms with Crippen LogP contribution in [0.5, 0.6) is 5.75 Å². The first-order valence-corrected chi connectivity index (χ1v) is 9.23. The second-order valence-electron chi connectivity index (χ2n) is 6.37. The standard InChI is InChI=1S/C20H16ClN5O4/c1-29-14-5-3-4-12(10-14)17-15(18(27)11-6-8-13(21)9-7-11)16(19(28)30-2)22-20-23-24-25-26(17)20/h3-10,17H,1-2H3,(H,22,23,25)/t17-/m0/s1. The van der Waals surface area contributed by atoms with E-state index in [0.717, 1.165) is 0 Å². The number of Topliss-reactive ketones (excluding diaryl/α,β-unsaturated/α-hetero) is 1. The van der Waals surface area contributed by atoms with Gasteiger partial charge in [-0.3, -0.25) is 4.79 Å². The van der Waals surface area contributed by atoms with Gasteiger partial charge in [0.15, 0.2) is 5.78 Å². The maximum atomic E-state index is 13.5. The van der Waals surface area contributed by atoms with Gasteiger partial charge in [-0.2, -0.15) is 4.68 Å². The summed E-state index contributed by atoms with van der Waals surface area (Å²) in [6, 6.07) is 12.7. The number of benzene rings is 2. The van der Waals surface area contributed by atoms with Gasteiger partial charge in [0.05, 0.1) is 19.8 Å². The number of fused-ring (bicyclic) bond motifs is 1. The summed E-state index contributed by atoms with van der Waals surface area (Å²) in [5, 5.41) is 14.9. The van der Waals surface area contributed by atoms with E-state index in [4.69, 9.17) is 21.1 Å². The lowest BCUT2D eigenvalue weighted by atomic mass is 9.89. The van der Waals surface area contributed by atoms with Crippen molar-refractivity contribution in [1.82, 2.24) is 20.2 Å². The molecule has 1 aliphatic rings. The van der Waals surface area contributed by atoms with Crippen LogP contribution in [-0.4, -0.2) is 46.2 Å². The fraction of sp³-hybridized carbons (Fsp3) is 0.150. The molecule has 1 aliphatic heterocycles. The lowest BCUT2D eigenvalue weighted by molar-refractivity contribution is -0.136. The highest BCUT2D eigenvalue weighted by atomic mass is 35.5. The minimum absolute atomic E-state index is 0.0347. The number of anilines is 1. The number of nitrogens with zero attached hydrogens (tertiary/aromatic N) is 4. The van der Waals surface area contributed by atoms with Gasteiger partial charge in [-0.1, -0.05) is 28.8 Å². The summed E-state index contributed by atoms with van der Waals surface area (Å²) in [6.45, 7) is 0. The summed E-state index contributed by atoms with van der Waals surface area (Å²) in [6.07, 6.45) is 0. The molecule has 2 aromatic carbocycles. The van der Waals surface area contributed by atoms with Crippen molar-refractivity contribution in [3.8, 4) is 5.75 Å². The molecule has 3 aromatic rings. The summed E-state index contributed by atoms with van der Waals surface area (Å²) in [5.41, 5.74) is 1.11. The van der Waals surface area contributed by atoms with E-state index in [1.807, 2.05) is 0 Å². The number of carbonyl (C=O) groups excluding carboxylic acids is 2. The number of allylic oxidation sites excluding steroid dienone is 1. The van der Waals surface area contributed by atoms with E-state index in [-0.39, 0.29) is 17.2 Å². The zero-order chi connectivity index (χ0) is 21.3. The molecule has 4 rings (SSSR count). The minimum atomic E-state index is -0.788. The molecule has 0 unspecified atom stereocenters. The molecule has 1 N–H and O–H groups in total. The number of tetrazole rings is 1. The van der Waals surface area contributed by atoms with Gasteiger partial charge in [-0.25, -0.2) is 4.79 Å². The highest BCUT2D eigenvalue weighted by molar-refractivity contribution is 6.30. The van der Waals surface area contributed by atoms with Crippen LogP contribution in [0.2, 0.25) is 5.02 Å². The maximum absolute atomic E-state index is 13.5. The Morgan fingerprint density at radius 1 is 1.13 bits per heavy atom. The zero-order valence-corrected chi connectivity index (χ0v) is 16.8. The lowest BCUT2D eigenvalue weighted by Gasteiger charge is -2.28. The van der Waals surface area contributed by atoms with Gasteiger partial charge in [0.2, 0.25) is 5.95 Å². The van der Waals surface area contributed by atoms with Gasteiger partial charge in [0, 0.05) is 10.6 Å². The van der Waals surface area contributed by atoms with Crippen molar-refractivity contribution in [3.05, 3.63) is 76.0 Å². The van der Waals surface area contributed by atoms with Crippen molar-refractivity contribution in [3.63, 3.8) is 0 Å². The molecular formula is C20H16ClN5O4. The molecular weight excluding hydrogens is 410 g/mol. The molecule has 0 saturated heterocycles. The third-order valence-electron chi connectivity index (χ3n) is 4.67. The molecule has 0 amide bonds. The topological polar surface area (TPSA) is 108 Å². The number of carbonyl (C=O) groups is 2. The van der Waals surface area contributed by atoms with Gasteiger partial charge in [-0.05, 0) is 52.4 Å². The van der Waals surface area contributed by atoms with Crippen molar-refractivity contribution in [1.29, 1.82) is 0 Å². The Labute approximate surface area is 176 Å². The Hall–Kier alpha value is -3.72.